The molecule has 2 aromatic rings. The highest BCUT2D eigenvalue weighted by Gasteiger charge is 2.45. The topological polar surface area (TPSA) is 55.0 Å². The molecule has 4 nitrogen and oxygen atoms in total. The number of nitrogens with two attached hydrogens (primary N) is 1. The van der Waals surface area contributed by atoms with Crippen LogP contribution in [0.4, 0.5) is 5.82 Å². The summed E-state index contributed by atoms with van der Waals surface area (Å²) in [6.45, 7) is 1.94. The summed E-state index contributed by atoms with van der Waals surface area (Å²) in [6.07, 6.45) is 6.65. The van der Waals surface area contributed by atoms with Gasteiger partial charge in [-0.1, -0.05) is 35.9 Å². The van der Waals surface area contributed by atoms with Crippen LogP contribution in [-0.4, -0.2) is 23.1 Å². The Bertz CT molecular complexity index is 677. The zero-order valence-corrected chi connectivity index (χ0v) is 13.1. The van der Waals surface area contributed by atoms with Crippen LogP contribution in [0.5, 0.6) is 0 Å². The molecule has 1 aliphatic carbocycles. The number of fused-ring (bicyclic) bond motifs is 1. The summed E-state index contributed by atoms with van der Waals surface area (Å²) >= 11 is 5.81. The van der Waals surface area contributed by atoms with E-state index in [9.17, 15) is 0 Å². The van der Waals surface area contributed by atoms with Crippen molar-refractivity contribution >= 4 is 17.4 Å². The molecule has 1 aromatic heterocycles. The lowest BCUT2D eigenvalue weighted by Crippen LogP contribution is -2.44. The monoisotopic (exact) mass is 314 g/mol. The molecule has 0 bridgehead atoms. The fraction of sp³-hybridized carbons (Fsp3) is 0.412. The third-order valence-electron chi connectivity index (χ3n) is 5.28. The van der Waals surface area contributed by atoms with Gasteiger partial charge in [0.25, 0.3) is 0 Å². The zero-order valence-electron chi connectivity index (χ0n) is 12.4. The minimum atomic E-state index is 0.155. The van der Waals surface area contributed by atoms with Crippen LogP contribution in [0.15, 0.2) is 36.7 Å². The number of hydrogen-bond donors (Lipinski definition) is 1. The molecule has 2 heterocycles. The third kappa shape index (κ3) is 2.18. The molecule has 22 heavy (non-hydrogen) atoms. The number of benzene rings is 1. The van der Waals surface area contributed by atoms with Gasteiger partial charge in [-0.05, 0) is 35.8 Å². The summed E-state index contributed by atoms with van der Waals surface area (Å²) in [4.78, 5) is 10.8. The molecule has 1 saturated heterocycles. The van der Waals surface area contributed by atoms with Crippen LogP contribution < -0.4 is 10.6 Å². The van der Waals surface area contributed by atoms with Crippen molar-refractivity contribution < 1.29 is 0 Å². The first kappa shape index (κ1) is 14.0. The predicted molar refractivity (Wildman–Crippen MR) is 88.0 cm³/mol. The quantitative estimate of drug-likeness (QED) is 0.879. The van der Waals surface area contributed by atoms with E-state index in [1.165, 1.54) is 11.1 Å². The zero-order chi connectivity index (χ0) is 15.2. The third-order valence-corrected chi connectivity index (χ3v) is 5.48. The summed E-state index contributed by atoms with van der Waals surface area (Å²) in [7, 11) is 0. The van der Waals surface area contributed by atoms with E-state index in [-0.39, 0.29) is 11.5 Å². The van der Waals surface area contributed by atoms with Gasteiger partial charge in [0, 0.05) is 19.1 Å². The van der Waals surface area contributed by atoms with Crippen molar-refractivity contribution in [2.75, 3.05) is 18.0 Å². The fourth-order valence-corrected chi connectivity index (χ4v) is 4.05. The van der Waals surface area contributed by atoms with Crippen LogP contribution in [-0.2, 0) is 6.42 Å². The highest BCUT2D eigenvalue weighted by atomic mass is 35.5. The second-order valence-corrected chi connectivity index (χ2v) is 6.79. The molecular formula is C17H19ClN4. The van der Waals surface area contributed by atoms with Crippen molar-refractivity contribution in [3.8, 4) is 0 Å². The Hall–Kier alpha value is -1.65. The van der Waals surface area contributed by atoms with E-state index in [0.29, 0.717) is 5.15 Å². The van der Waals surface area contributed by atoms with E-state index in [1.807, 2.05) is 0 Å². The molecule has 5 heteroatoms. The number of piperidine rings is 1. The summed E-state index contributed by atoms with van der Waals surface area (Å²) < 4.78 is 0. The maximum atomic E-state index is 6.60. The molecule has 1 atom stereocenters. The lowest BCUT2D eigenvalue weighted by atomic mass is 9.73. The maximum absolute atomic E-state index is 6.60. The molecule has 2 aliphatic rings. The average Bonchev–Trinajstić information content (AvgIpc) is 2.82. The first-order chi connectivity index (χ1) is 10.7. The normalized spacial score (nSPS) is 22.8. The number of anilines is 1. The second-order valence-electron chi connectivity index (χ2n) is 6.40. The minimum absolute atomic E-state index is 0.155. The van der Waals surface area contributed by atoms with E-state index >= 15 is 0 Å². The number of hydrogen-bond acceptors (Lipinski definition) is 4. The highest BCUT2D eigenvalue weighted by molar-refractivity contribution is 6.29. The Kier molecular flexibility index (Phi) is 3.31. The van der Waals surface area contributed by atoms with Gasteiger partial charge in [0.2, 0.25) is 0 Å². The summed E-state index contributed by atoms with van der Waals surface area (Å²) in [5.74, 6) is 0.906. The second kappa shape index (κ2) is 5.21. The highest BCUT2D eigenvalue weighted by Crippen LogP contribution is 2.50. The molecule has 1 aliphatic heterocycles. The van der Waals surface area contributed by atoms with Crippen LogP contribution in [0.2, 0.25) is 5.15 Å². The largest absolute Gasteiger partial charge is 0.355 e. The van der Waals surface area contributed by atoms with Crippen molar-refractivity contribution in [2.45, 2.75) is 25.3 Å². The lowest BCUT2D eigenvalue weighted by molar-refractivity contribution is 0.187. The molecule has 0 unspecified atom stereocenters. The van der Waals surface area contributed by atoms with Crippen molar-refractivity contribution in [3.63, 3.8) is 0 Å². The van der Waals surface area contributed by atoms with Crippen molar-refractivity contribution in [3.05, 3.63) is 52.9 Å². The molecule has 0 amide bonds. The van der Waals surface area contributed by atoms with Crippen molar-refractivity contribution in [2.24, 2.45) is 11.1 Å². The summed E-state index contributed by atoms with van der Waals surface area (Å²) in [6, 6.07) is 8.77. The maximum Gasteiger partial charge on any atom is 0.147 e. The number of rotatable bonds is 1. The fourth-order valence-electron chi connectivity index (χ4n) is 3.96. The molecule has 2 N–H and O–H groups in total. The smallest absolute Gasteiger partial charge is 0.147 e. The van der Waals surface area contributed by atoms with Crippen LogP contribution in [0.25, 0.3) is 0 Å². The van der Waals surface area contributed by atoms with Crippen LogP contribution in [0.1, 0.15) is 30.0 Å². The van der Waals surface area contributed by atoms with E-state index in [0.717, 1.165) is 38.2 Å². The number of nitrogens with zero attached hydrogens (tertiary/aromatic N) is 3. The van der Waals surface area contributed by atoms with Gasteiger partial charge in [-0.2, -0.15) is 0 Å². The van der Waals surface area contributed by atoms with Gasteiger partial charge >= 0.3 is 0 Å². The Morgan fingerprint density at radius 3 is 2.59 bits per heavy atom. The van der Waals surface area contributed by atoms with Gasteiger partial charge in [-0.3, -0.25) is 0 Å². The molecular weight excluding hydrogens is 296 g/mol. The van der Waals surface area contributed by atoms with E-state index in [2.05, 4.69) is 39.1 Å². The van der Waals surface area contributed by atoms with Gasteiger partial charge in [0.1, 0.15) is 11.0 Å². The molecule has 0 saturated carbocycles. The van der Waals surface area contributed by atoms with Gasteiger partial charge in [-0.15, -0.1) is 0 Å². The van der Waals surface area contributed by atoms with Crippen molar-refractivity contribution in [1.29, 1.82) is 0 Å². The Morgan fingerprint density at radius 2 is 1.91 bits per heavy atom. The van der Waals surface area contributed by atoms with Crippen LogP contribution in [0.3, 0.4) is 0 Å². The van der Waals surface area contributed by atoms with Gasteiger partial charge in [0.15, 0.2) is 0 Å². The van der Waals surface area contributed by atoms with E-state index < -0.39 is 0 Å². The molecule has 1 spiro atoms. The molecule has 1 aromatic carbocycles. The average molecular weight is 315 g/mol. The Morgan fingerprint density at radius 1 is 1.14 bits per heavy atom. The Balaban J connectivity index is 1.52. The van der Waals surface area contributed by atoms with Gasteiger partial charge in [0.05, 0.1) is 12.4 Å². The Labute approximate surface area is 135 Å². The van der Waals surface area contributed by atoms with E-state index in [1.54, 1.807) is 12.4 Å². The summed E-state index contributed by atoms with van der Waals surface area (Å²) in [5, 5.41) is 0.436. The summed E-state index contributed by atoms with van der Waals surface area (Å²) in [5.41, 5.74) is 9.57. The van der Waals surface area contributed by atoms with Crippen molar-refractivity contribution in [1.82, 2.24) is 9.97 Å². The number of halogens is 1. The van der Waals surface area contributed by atoms with Gasteiger partial charge in [-0.25, -0.2) is 9.97 Å². The van der Waals surface area contributed by atoms with E-state index in [4.69, 9.17) is 17.3 Å². The standard InChI is InChI=1S/C17H19ClN4/c18-14-10-21-15(11-20-14)22-7-5-17(6-8-22)9-12-3-1-2-4-13(12)16(17)19/h1-4,10-11,16H,5-9,19H2/t16-/m1/s1. The number of aromatic nitrogens is 2. The molecule has 4 rings (SSSR count). The van der Waals surface area contributed by atoms with Gasteiger partial charge < -0.3 is 10.6 Å². The minimum Gasteiger partial charge on any atom is -0.355 e. The predicted octanol–water partition coefficient (Wildman–Crippen LogP) is 2.97. The first-order valence-corrected chi connectivity index (χ1v) is 8.12. The van der Waals surface area contributed by atoms with Crippen LogP contribution in [0, 0.1) is 5.41 Å². The molecule has 1 fully saturated rings. The van der Waals surface area contributed by atoms with Crippen LogP contribution >= 0.6 is 11.6 Å². The molecule has 114 valence electrons. The first-order valence-electron chi connectivity index (χ1n) is 7.74. The SMILES string of the molecule is N[C@@H]1c2ccccc2CC12CCN(c1cnc(Cl)cn1)CC2. The molecule has 0 radical (unpaired) electrons. The lowest BCUT2D eigenvalue weighted by Gasteiger charge is -2.42.